The molecule has 0 spiro atoms. The van der Waals surface area contributed by atoms with E-state index in [1.807, 2.05) is 29.2 Å². The number of carbonyl (C=O) groups excluding carboxylic acids is 1. The summed E-state index contributed by atoms with van der Waals surface area (Å²) in [5.74, 6) is 3.02. The summed E-state index contributed by atoms with van der Waals surface area (Å²) in [6.45, 7) is 2.57. The molecular formula is C17H20ClNO2. The molecule has 0 aromatic heterocycles. The highest BCUT2D eigenvalue weighted by Gasteiger charge is 2.23. The summed E-state index contributed by atoms with van der Waals surface area (Å²) in [5.41, 5.74) is 0.995. The molecule has 1 unspecified atom stereocenters. The predicted molar refractivity (Wildman–Crippen MR) is 84.1 cm³/mol. The first-order valence-corrected chi connectivity index (χ1v) is 7.60. The van der Waals surface area contributed by atoms with Gasteiger partial charge >= 0.3 is 0 Å². The van der Waals surface area contributed by atoms with Gasteiger partial charge in [0.2, 0.25) is 5.91 Å². The van der Waals surface area contributed by atoms with Crippen molar-refractivity contribution in [2.24, 2.45) is 5.92 Å². The van der Waals surface area contributed by atoms with Crippen molar-refractivity contribution in [2.45, 2.75) is 19.3 Å². The number of carbonyl (C=O) groups is 1. The van der Waals surface area contributed by atoms with Gasteiger partial charge in [-0.15, -0.1) is 6.42 Å². The van der Waals surface area contributed by atoms with Crippen LogP contribution in [0.1, 0.15) is 18.4 Å². The number of amides is 1. The quantitative estimate of drug-likeness (QED) is 0.618. The molecule has 1 atom stereocenters. The van der Waals surface area contributed by atoms with Crippen molar-refractivity contribution < 1.29 is 9.53 Å². The molecule has 0 bridgehead atoms. The van der Waals surface area contributed by atoms with Gasteiger partial charge in [-0.3, -0.25) is 4.79 Å². The Balaban J connectivity index is 1.84. The van der Waals surface area contributed by atoms with Crippen LogP contribution in [0.25, 0.3) is 0 Å². The Morgan fingerprint density at radius 3 is 2.90 bits per heavy atom. The Hall–Kier alpha value is -1.50. The van der Waals surface area contributed by atoms with Crippen molar-refractivity contribution in [2.75, 3.05) is 26.3 Å². The molecule has 3 nitrogen and oxygen atoms in total. The number of terminal acetylenes is 1. The van der Waals surface area contributed by atoms with Gasteiger partial charge in [-0.25, -0.2) is 0 Å². The van der Waals surface area contributed by atoms with Gasteiger partial charge in [-0.2, -0.15) is 0 Å². The van der Waals surface area contributed by atoms with Gasteiger partial charge in [-0.1, -0.05) is 29.7 Å². The summed E-state index contributed by atoms with van der Waals surface area (Å²) in [5, 5.41) is 0.690. The van der Waals surface area contributed by atoms with E-state index in [4.69, 9.17) is 22.8 Å². The third kappa shape index (κ3) is 5.08. The van der Waals surface area contributed by atoms with Gasteiger partial charge in [0.1, 0.15) is 6.61 Å². The van der Waals surface area contributed by atoms with Gasteiger partial charge < -0.3 is 9.64 Å². The van der Waals surface area contributed by atoms with Crippen LogP contribution in [0.15, 0.2) is 24.3 Å². The zero-order valence-electron chi connectivity index (χ0n) is 12.1. The van der Waals surface area contributed by atoms with Gasteiger partial charge in [-0.05, 0) is 36.5 Å². The number of hydrogen-bond acceptors (Lipinski definition) is 2. The van der Waals surface area contributed by atoms with E-state index in [0.717, 1.165) is 31.5 Å². The van der Waals surface area contributed by atoms with E-state index in [9.17, 15) is 4.79 Å². The van der Waals surface area contributed by atoms with Crippen LogP contribution >= 0.6 is 11.6 Å². The van der Waals surface area contributed by atoms with Crippen molar-refractivity contribution >= 4 is 17.5 Å². The Labute approximate surface area is 131 Å². The first-order chi connectivity index (χ1) is 10.2. The molecule has 1 aromatic rings. The number of piperidine rings is 1. The zero-order chi connectivity index (χ0) is 15.1. The fourth-order valence-electron chi connectivity index (χ4n) is 2.60. The van der Waals surface area contributed by atoms with Crippen LogP contribution < -0.4 is 0 Å². The summed E-state index contributed by atoms with van der Waals surface area (Å²) in [7, 11) is 0. The largest absolute Gasteiger partial charge is 0.368 e. The third-order valence-electron chi connectivity index (χ3n) is 3.68. The summed E-state index contributed by atoms with van der Waals surface area (Å²) in [6, 6.07) is 7.43. The molecule has 1 aromatic carbocycles. The van der Waals surface area contributed by atoms with E-state index in [0.29, 0.717) is 30.6 Å². The Bertz CT molecular complexity index is 507. The monoisotopic (exact) mass is 305 g/mol. The lowest BCUT2D eigenvalue weighted by Gasteiger charge is -2.32. The zero-order valence-corrected chi connectivity index (χ0v) is 12.8. The molecule has 0 aliphatic carbocycles. The maximum Gasteiger partial charge on any atom is 0.226 e. The lowest BCUT2D eigenvalue weighted by molar-refractivity contribution is -0.132. The molecule has 4 heteroatoms. The maximum atomic E-state index is 12.3. The Kier molecular flexibility index (Phi) is 6.10. The number of ether oxygens (including phenoxy) is 1. The number of halogens is 1. The third-order valence-corrected chi connectivity index (χ3v) is 3.93. The van der Waals surface area contributed by atoms with Gasteiger partial charge in [0.15, 0.2) is 0 Å². The highest BCUT2D eigenvalue weighted by Crippen LogP contribution is 2.18. The van der Waals surface area contributed by atoms with Crippen LogP contribution in [-0.4, -0.2) is 37.1 Å². The molecular weight excluding hydrogens is 286 g/mol. The molecule has 0 radical (unpaired) electrons. The van der Waals surface area contributed by atoms with Crippen molar-refractivity contribution in [3.8, 4) is 12.3 Å². The Morgan fingerprint density at radius 2 is 2.19 bits per heavy atom. The first kappa shape index (κ1) is 15.9. The van der Waals surface area contributed by atoms with Crippen LogP contribution in [0.4, 0.5) is 0 Å². The minimum atomic E-state index is 0.166. The minimum Gasteiger partial charge on any atom is -0.368 e. The lowest BCUT2D eigenvalue weighted by Crippen LogP contribution is -2.42. The second-order valence-corrected chi connectivity index (χ2v) is 5.81. The molecule has 2 rings (SSSR count). The highest BCUT2D eigenvalue weighted by atomic mass is 35.5. The van der Waals surface area contributed by atoms with Crippen molar-refractivity contribution in [3.05, 3.63) is 34.9 Å². The second-order valence-electron chi connectivity index (χ2n) is 5.37. The van der Waals surface area contributed by atoms with Gasteiger partial charge in [0.05, 0.1) is 13.0 Å². The minimum absolute atomic E-state index is 0.166. The molecule has 0 saturated carbocycles. The Morgan fingerprint density at radius 1 is 1.43 bits per heavy atom. The normalized spacial score (nSPS) is 18.3. The molecule has 1 aliphatic heterocycles. The number of nitrogens with zero attached hydrogens (tertiary/aromatic N) is 1. The van der Waals surface area contributed by atoms with Crippen molar-refractivity contribution in [1.82, 2.24) is 4.90 Å². The molecule has 112 valence electrons. The van der Waals surface area contributed by atoms with Crippen LogP contribution in [0.5, 0.6) is 0 Å². The summed E-state index contributed by atoms with van der Waals surface area (Å²) in [6.07, 6.45) is 7.71. The topological polar surface area (TPSA) is 29.5 Å². The fourth-order valence-corrected chi connectivity index (χ4v) is 2.73. The van der Waals surface area contributed by atoms with Crippen LogP contribution in [0.2, 0.25) is 5.02 Å². The average molecular weight is 306 g/mol. The predicted octanol–water partition coefficient (Wildman–Crippen LogP) is 2.77. The van der Waals surface area contributed by atoms with Gasteiger partial charge in [0, 0.05) is 18.1 Å². The van der Waals surface area contributed by atoms with Crippen molar-refractivity contribution in [1.29, 1.82) is 0 Å². The summed E-state index contributed by atoms with van der Waals surface area (Å²) >= 11 is 5.85. The van der Waals surface area contributed by atoms with E-state index in [1.54, 1.807) is 0 Å². The van der Waals surface area contributed by atoms with Crippen LogP contribution in [0, 0.1) is 18.3 Å². The fraction of sp³-hybridized carbons (Fsp3) is 0.471. The van der Waals surface area contributed by atoms with Crippen molar-refractivity contribution in [3.63, 3.8) is 0 Å². The van der Waals surface area contributed by atoms with E-state index in [2.05, 4.69) is 5.92 Å². The lowest BCUT2D eigenvalue weighted by atomic mass is 9.98. The van der Waals surface area contributed by atoms with Crippen LogP contribution in [-0.2, 0) is 16.0 Å². The number of likely N-dealkylation sites (tertiary alicyclic amines) is 1. The molecule has 1 aliphatic rings. The maximum absolute atomic E-state index is 12.3. The smallest absolute Gasteiger partial charge is 0.226 e. The molecule has 1 amide bonds. The van der Waals surface area contributed by atoms with E-state index < -0.39 is 0 Å². The first-order valence-electron chi connectivity index (χ1n) is 7.22. The van der Waals surface area contributed by atoms with E-state index in [1.165, 1.54) is 0 Å². The SMILES string of the molecule is C#CCOCC1CCCN(C(=O)Cc2ccc(Cl)cc2)C1. The standard InChI is InChI=1S/C17H20ClNO2/c1-2-10-21-13-15-4-3-9-19(12-15)17(20)11-14-5-7-16(18)8-6-14/h1,5-8,15H,3-4,9-13H2. The van der Waals surface area contributed by atoms with Gasteiger partial charge in [0.25, 0.3) is 0 Å². The molecule has 1 heterocycles. The van der Waals surface area contributed by atoms with Crippen LogP contribution in [0.3, 0.4) is 0 Å². The number of rotatable bonds is 5. The van der Waals surface area contributed by atoms with E-state index in [-0.39, 0.29) is 5.91 Å². The average Bonchev–Trinajstić information content (AvgIpc) is 2.50. The van der Waals surface area contributed by atoms with E-state index >= 15 is 0 Å². The number of hydrogen-bond donors (Lipinski definition) is 0. The summed E-state index contributed by atoms with van der Waals surface area (Å²) < 4.78 is 5.39. The number of benzene rings is 1. The molecule has 1 fully saturated rings. The second kappa shape index (κ2) is 8.07. The molecule has 1 saturated heterocycles. The molecule has 0 N–H and O–H groups in total. The molecule has 21 heavy (non-hydrogen) atoms. The summed E-state index contributed by atoms with van der Waals surface area (Å²) in [4.78, 5) is 14.3. The highest BCUT2D eigenvalue weighted by molar-refractivity contribution is 6.30.